The first-order valence-corrected chi connectivity index (χ1v) is 11.0. The van der Waals surface area contributed by atoms with Crippen LogP contribution in [0.15, 0.2) is 47.2 Å². The van der Waals surface area contributed by atoms with Gasteiger partial charge in [0.2, 0.25) is 5.91 Å². The van der Waals surface area contributed by atoms with Gasteiger partial charge in [-0.1, -0.05) is 35.9 Å². The lowest BCUT2D eigenvalue weighted by molar-refractivity contribution is -0.118. The molecule has 3 rings (SSSR count). The number of aromatic nitrogens is 1. The summed E-state index contributed by atoms with van der Waals surface area (Å²) in [4.78, 5) is 17.5. The second-order valence-electron chi connectivity index (χ2n) is 5.59. The first-order chi connectivity index (χ1) is 12.1. The van der Waals surface area contributed by atoms with Crippen molar-refractivity contribution in [3.05, 3.63) is 63.3 Å². The Kier molecular flexibility index (Phi) is 6.12. The molecule has 2 aromatic heterocycles. The van der Waals surface area contributed by atoms with Crippen LogP contribution >= 0.6 is 22.7 Å². The second-order valence-corrected chi connectivity index (χ2v) is 8.94. The highest BCUT2D eigenvalue weighted by Crippen LogP contribution is 2.24. The summed E-state index contributed by atoms with van der Waals surface area (Å²) in [5.74, 6) is 0.109. The maximum atomic E-state index is 12.2. The lowest BCUT2D eigenvalue weighted by atomic mass is 10.2. The van der Waals surface area contributed by atoms with E-state index < -0.39 is 10.8 Å². The standard InChI is InChI=1S/C18H18N2O2S3/c1-13-4-6-14(7-5-13)18-20-15(10-24-18)11-25(22)12-17(21)19-9-16-3-2-8-23-16/h2-8,10H,9,11-12H2,1H3,(H,19,21)/t25-/m1/s1. The summed E-state index contributed by atoms with van der Waals surface area (Å²) < 4.78 is 12.2. The van der Waals surface area contributed by atoms with Crippen LogP contribution in [-0.4, -0.2) is 20.9 Å². The van der Waals surface area contributed by atoms with Crippen molar-refractivity contribution in [3.8, 4) is 10.6 Å². The van der Waals surface area contributed by atoms with Gasteiger partial charge >= 0.3 is 0 Å². The molecule has 3 aromatic rings. The van der Waals surface area contributed by atoms with Crippen LogP contribution in [0.2, 0.25) is 0 Å². The Balaban J connectivity index is 1.51. The van der Waals surface area contributed by atoms with Crippen molar-refractivity contribution in [2.45, 2.75) is 19.2 Å². The fourth-order valence-electron chi connectivity index (χ4n) is 2.21. The van der Waals surface area contributed by atoms with Gasteiger partial charge in [-0.25, -0.2) is 4.98 Å². The van der Waals surface area contributed by atoms with Crippen LogP contribution in [-0.2, 0) is 27.9 Å². The third-order valence-electron chi connectivity index (χ3n) is 3.49. The molecule has 0 bridgehead atoms. The van der Waals surface area contributed by atoms with Gasteiger partial charge in [0.15, 0.2) is 0 Å². The van der Waals surface area contributed by atoms with Crippen molar-refractivity contribution in [1.29, 1.82) is 0 Å². The molecule has 0 aliphatic heterocycles. The normalized spacial score (nSPS) is 12.0. The molecule has 0 unspecified atom stereocenters. The van der Waals surface area contributed by atoms with Crippen LogP contribution in [0, 0.1) is 6.92 Å². The average molecular weight is 391 g/mol. The number of thiophene rings is 1. The number of aryl methyl sites for hydroxylation is 1. The van der Waals surface area contributed by atoms with Crippen LogP contribution in [0.25, 0.3) is 10.6 Å². The van der Waals surface area contributed by atoms with E-state index in [0.29, 0.717) is 12.3 Å². The lowest BCUT2D eigenvalue weighted by Crippen LogP contribution is -2.27. The lowest BCUT2D eigenvalue weighted by Gasteiger charge is -2.03. The number of amides is 1. The van der Waals surface area contributed by atoms with E-state index in [1.165, 1.54) is 16.9 Å². The molecule has 25 heavy (non-hydrogen) atoms. The van der Waals surface area contributed by atoms with E-state index in [1.807, 2.05) is 54.1 Å². The molecule has 0 radical (unpaired) electrons. The minimum atomic E-state index is -1.26. The summed E-state index contributed by atoms with van der Waals surface area (Å²) in [6.45, 7) is 2.53. The molecule has 7 heteroatoms. The molecule has 0 saturated heterocycles. The number of rotatable bonds is 7. The van der Waals surface area contributed by atoms with Gasteiger partial charge in [0.05, 0.1) is 18.0 Å². The van der Waals surface area contributed by atoms with Gasteiger partial charge < -0.3 is 5.32 Å². The largest absolute Gasteiger partial charge is 0.350 e. The average Bonchev–Trinajstić information content (AvgIpc) is 3.25. The number of hydrogen-bond donors (Lipinski definition) is 1. The van der Waals surface area contributed by atoms with Crippen LogP contribution < -0.4 is 5.32 Å². The molecule has 130 valence electrons. The van der Waals surface area contributed by atoms with Crippen molar-refractivity contribution in [1.82, 2.24) is 10.3 Å². The van der Waals surface area contributed by atoms with Crippen LogP contribution in [0.4, 0.5) is 0 Å². The minimum absolute atomic E-state index is 0.00274. The molecule has 1 amide bonds. The number of thiazole rings is 1. The van der Waals surface area contributed by atoms with Gasteiger partial charge in [-0.15, -0.1) is 22.7 Å². The summed E-state index contributed by atoms with van der Waals surface area (Å²) in [5.41, 5.74) is 3.03. The summed E-state index contributed by atoms with van der Waals surface area (Å²) in [6, 6.07) is 12.1. The molecular weight excluding hydrogens is 372 g/mol. The molecular formula is C18H18N2O2S3. The molecule has 1 N–H and O–H groups in total. The van der Waals surface area contributed by atoms with E-state index in [2.05, 4.69) is 10.3 Å². The smallest absolute Gasteiger partial charge is 0.232 e. The van der Waals surface area contributed by atoms with Crippen molar-refractivity contribution in [2.75, 3.05) is 5.75 Å². The monoisotopic (exact) mass is 390 g/mol. The number of carbonyl (C=O) groups excluding carboxylic acids is 1. The van der Waals surface area contributed by atoms with Crippen LogP contribution in [0.1, 0.15) is 16.1 Å². The number of nitrogens with one attached hydrogen (secondary N) is 1. The van der Waals surface area contributed by atoms with Gasteiger partial charge in [-0.3, -0.25) is 9.00 Å². The third kappa shape index (κ3) is 5.32. The Morgan fingerprint density at radius 1 is 1.20 bits per heavy atom. The number of hydrogen-bond acceptors (Lipinski definition) is 5. The summed E-state index contributed by atoms with van der Waals surface area (Å²) in [7, 11) is -1.26. The van der Waals surface area contributed by atoms with Gasteiger partial charge in [0.1, 0.15) is 10.8 Å². The predicted octanol–water partition coefficient (Wildman–Crippen LogP) is 3.75. The Morgan fingerprint density at radius 2 is 2.00 bits per heavy atom. The summed E-state index contributed by atoms with van der Waals surface area (Å²) in [6.07, 6.45) is 0. The quantitative estimate of drug-likeness (QED) is 0.668. The Morgan fingerprint density at radius 3 is 2.72 bits per heavy atom. The number of nitrogens with zero attached hydrogens (tertiary/aromatic N) is 1. The maximum Gasteiger partial charge on any atom is 0.232 e. The maximum absolute atomic E-state index is 12.2. The number of benzene rings is 1. The summed E-state index contributed by atoms with van der Waals surface area (Å²) >= 11 is 3.12. The molecule has 2 heterocycles. The Hall–Kier alpha value is -1.83. The van der Waals surface area contributed by atoms with E-state index in [4.69, 9.17) is 0 Å². The molecule has 1 atom stereocenters. The molecule has 0 spiro atoms. The minimum Gasteiger partial charge on any atom is -0.350 e. The zero-order valence-corrected chi connectivity index (χ0v) is 16.2. The van der Waals surface area contributed by atoms with Gasteiger partial charge in [-0.05, 0) is 18.4 Å². The van der Waals surface area contributed by atoms with Crippen LogP contribution in [0.5, 0.6) is 0 Å². The molecule has 0 aliphatic carbocycles. The van der Waals surface area contributed by atoms with Gasteiger partial charge in [0, 0.05) is 26.6 Å². The second kappa shape index (κ2) is 8.51. The predicted molar refractivity (Wildman–Crippen MR) is 105 cm³/mol. The fourth-order valence-corrected chi connectivity index (χ4v) is 4.76. The van der Waals surface area contributed by atoms with Crippen LogP contribution in [0.3, 0.4) is 0 Å². The highest BCUT2D eigenvalue weighted by Gasteiger charge is 2.12. The van der Waals surface area contributed by atoms with Gasteiger partial charge in [-0.2, -0.15) is 0 Å². The van der Waals surface area contributed by atoms with E-state index in [1.54, 1.807) is 11.3 Å². The van der Waals surface area contributed by atoms with Gasteiger partial charge in [0.25, 0.3) is 0 Å². The first kappa shape index (κ1) is 18.0. The van der Waals surface area contributed by atoms with E-state index in [0.717, 1.165) is 21.1 Å². The Labute approximate surface area is 157 Å². The zero-order chi connectivity index (χ0) is 17.6. The molecule has 1 aromatic carbocycles. The Bertz CT molecular complexity index is 855. The van der Waals surface area contributed by atoms with Crippen molar-refractivity contribution >= 4 is 39.4 Å². The topological polar surface area (TPSA) is 59.1 Å². The molecule has 0 fully saturated rings. The third-order valence-corrected chi connectivity index (χ3v) is 6.51. The highest BCUT2D eigenvalue weighted by atomic mass is 32.2. The molecule has 0 saturated carbocycles. The van der Waals surface area contributed by atoms with Crippen molar-refractivity contribution in [2.24, 2.45) is 0 Å². The molecule has 0 aliphatic rings. The SMILES string of the molecule is Cc1ccc(-c2nc(C[S@@](=O)CC(=O)NCc3cccs3)cs2)cc1. The molecule has 4 nitrogen and oxygen atoms in total. The number of carbonyl (C=O) groups is 1. The highest BCUT2D eigenvalue weighted by molar-refractivity contribution is 7.84. The first-order valence-electron chi connectivity index (χ1n) is 7.75. The van der Waals surface area contributed by atoms with Crippen molar-refractivity contribution in [3.63, 3.8) is 0 Å². The van der Waals surface area contributed by atoms with E-state index >= 15 is 0 Å². The van der Waals surface area contributed by atoms with Crippen molar-refractivity contribution < 1.29 is 9.00 Å². The zero-order valence-electron chi connectivity index (χ0n) is 13.7. The van der Waals surface area contributed by atoms with E-state index in [9.17, 15) is 9.00 Å². The van der Waals surface area contributed by atoms with E-state index in [-0.39, 0.29) is 11.7 Å². The summed E-state index contributed by atoms with van der Waals surface area (Å²) in [5, 5.41) is 7.59. The fraction of sp³-hybridized carbons (Fsp3) is 0.222.